The van der Waals surface area contributed by atoms with E-state index in [1.807, 2.05) is 92.7 Å². The summed E-state index contributed by atoms with van der Waals surface area (Å²) in [6, 6.07) is 41.7. The Balaban J connectivity index is 1.35. The minimum atomic E-state index is -2.17. The molecule has 1 saturated heterocycles. The Morgan fingerprint density at radius 1 is 0.588 bits per heavy atom. The van der Waals surface area contributed by atoms with Crippen molar-refractivity contribution in [3.8, 4) is 11.5 Å². The molecule has 5 aromatic carbocycles. The fourth-order valence-corrected chi connectivity index (χ4v) is 6.40. The van der Waals surface area contributed by atoms with Crippen LogP contribution in [0.1, 0.15) is 44.3 Å². The summed E-state index contributed by atoms with van der Waals surface area (Å²) in [6.45, 7) is 5.79. The van der Waals surface area contributed by atoms with Crippen molar-refractivity contribution in [2.24, 2.45) is 0 Å². The van der Waals surface area contributed by atoms with E-state index in [9.17, 15) is 9.59 Å². The van der Waals surface area contributed by atoms with E-state index in [2.05, 4.69) is 0 Å². The fourth-order valence-electron chi connectivity index (χ4n) is 5.35. The predicted molar refractivity (Wildman–Crippen MR) is 192 cm³/mol. The van der Waals surface area contributed by atoms with Crippen LogP contribution in [-0.2, 0) is 30.1 Å². The smallest absolute Gasteiger partial charge is 0.452 e. The molecule has 5 atom stereocenters. The first-order chi connectivity index (χ1) is 24.8. The van der Waals surface area contributed by atoms with E-state index in [0.29, 0.717) is 22.6 Å². The molecule has 10 heteroatoms. The number of benzene rings is 5. The molecular weight excluding hydrogens is 667 g/mol. The Morgan fingerprint density at radius 2 is 1.04 bits per heavy atom. The third-order valence-electron chi connectivity index (χ3n) is 8.11. The zero-order valence-corrected chi connectivity index (χ0v) is 29.4. The van der Waals surface area contributed by atoms with Crippen molar-refractivity contribution in [2.45, 2.75) is 58.1 Å². The quantitative estimate of drug-likeness (QED) is 0.0879. The topological polar surface area (TPSA) is 98.8 Å². The van der Waals surface area contributed by atoms with Crippen molar-refractivity contribution in [1.29, 1.82) is 0 Å². The first-order valence-corrected chi connectivity index (χ1v) is 17.7. The molecule has 0 aliphatic carbocycles. The number of carbonyl (C=O) groups excluding carboxylic acids is 2. The third kappa shape index (κ3) is 9.81. The van der Waals surface area contributed by atoms with Crippen LogP contribution in [0.5, 0.6) is 11.5 Å². The summed E-state index contributed by atoms with van der Waals surface area (Å²) in [6.07, 6.45) is -5.35. The molecule has 0 aromatic heterocycles. The van der Waals surface area contributed by atoms with Gasteiger partial charge in [0.05, 0.1) is 23.8 Å². The van der Waals surface area contributed by atoms with Crippen LogP contribution in [0.3, 0.4) is 0 Å². The molecule has 0 bridgehead atoms. The first-order valence-electron chi connectivity index (χ1n) is 16.6. The highest BCUT2D eigenvalue weighted by Gasteiger charge is 2.52. The normalized spacial score (nSPS) is 20.0. The maximum Gasteiger partial charge on any atom is 0.465 e. The molecular formula is C41H39O9P. The van der Waals surface area contributed by atoms with Gasteiger partial charge in [-0.3, -0.25) is 4.52 Å². The first kappa shape index (κ1) is 35.8. The molecule has 0 unspecified atom stereocenters. The molecule has 0 saturated carbocycles. The van der Waals surface area contributed by atoms with Gasteiger partial charge in [0.2, 0.25) is 0 Å². The van der Waals surface area contributed by atoms with Gasteiger partial charge in [-0.1, -0.05) is 102 Å². The molecule has 262 valence electrons. The number of hydrogen-bond acceptors (Lipinski definition) is 9. The average Bonchev–Trinajstić information content (AvgIpc) is 3.15. The second-order valence-corrected chi connectivity index (χ2v) is 13.1. The summed E-state index contributed by atoms with van der Waals surface area (Å²) < 4.78 is 44.3. The van der Waals surface area contributed by atoms with Gasteiger partial charge >= 0.3 is 20.5 Å². The van der Waals surface area contributed by atoms with Crippen LogP contribution in [0.4, 0.5) is 0 Å². The van der Waals surface area contributed by atoms with E-state index < -0.39 is 51.2 Å². The van der Waals surface area contributed by atoms with Crippen molar-refractivity contribution < 1.29 is 42.1 Å². The van der Waals surface area contributed by atoms with Crippen molar-refractivity contribution in [1.82, 2.24) is 0 Å². The molecule has 0 radical (unpaired) electrons. The highest BCUT2D eigenvalue weighted by Crippen LogP contribution is 2.45. The third-order valence-corrected chi connectivity index (χ3v) is 9.21. The molecule has 1 heterocycles. The monoisotopic (exact) mass is 706 g/mol. The van der Waals surface area contributed by atoms with Gasteiger partial charge in [-0.05, 0) is 74.9 Å². The van der Waals surface area contributed by atoms with Crippen LogP contribution in [0.2, 0.25) is 0 Å². The van der Waals surface area contributed by atoms with Gasteiger partial charge in [0.25, 0.3) is 0 Å². The summed E-state index contributed by atoms with van der Waals surface area (Å²) in [5.41, 5.74) is 3.63. The molecule has 0 spiro atoms. The van der Waals surface area contributed by atoms with E-state index in [-0.39, 0.29) is 6.61 Å². The van der Waals surface area contributed by atoms with Crippen LogP contribution >= 0.6 is 8.60 Å². The van der Waals surface area contributed by atoms with Crippen molar-refractivity contribution in [3.63, 3.8) is 0 Å². The zero-order chi connectivity index (χ0) is 35.6. The number of esters is 2. The van der Waals surface area contributed by atoms with Crippen LogP contribution < -0.4 is 9.05 Å². The largest absolute Gasteiger partial charge is 0.465 e. The van der Waals surface area contributed by atoms with Crippen molar-refractivity contribution in [2.75, 3.05) is 0 Å². The fraction of sp³-hybridized carbons (Fsp3) is 0.220. The van der Waals surface area contributed by atoms with Gasteiger partial charge < -0.3 is 28.0 Å². The number of aryl methyl sites for hydroxylation is 2. The number of hydrogen-bond donors (Lipinski definition) is 0. The van der Waals surface area contributed by atoms with E-state index in [0.717, 1.165) is 16.7 Å². The van der Waals surface area contributed by atoms with Crippen LogP contribution in [0.25, 0.3) is 0 Å². The van der Waals surface area contributed by atoms with E-state index in [1.54, 1.807) is 67.6 Å². The number of ether oxygens (including phenoxy) is 4. The van der Waals surface area contributed by atoms with E-state index in [4.69, 9.17) is 32.5 Å². The Morgan fingerprint density at radius 3 is 1.53 bits per heavy atom. The standard InChI is InChI=1S/C41H39O9P/c1-28-19-23-34(24-20-28)48-51(49-35-25-21-29(2)22-26-35)50-41-38(44-27-31-13-7-4-8-14-31)37(47-40(43)33-17-11-6-12-18-33)36(30(3)45-41)46-39(42)32-15-9-5-10-16-32/h4-26,30,36-38,41H,27H2,1-3H3/t30-,36+,37+,38-,41-/m0/s1. The maximum atomic E-state index is 13.7. The molecule has 0 amide bonds. The Hall–Kier alpha value is -5.05. The molecule has 5 aromatic rings. The summed E-state index contributed by atoms with van der Waals surface area (Å²) in [7, 11) is -2.17. The summed E-state index contributed by atoms with van der Waals surface area (Å²) in [5.74, 6) is -0.195. The van der Waals surface area contributed by atoms with Gasteiger partial charge in [-0.2, -0.15) is 0 Å². The van der Waals surface area contributed by atoms with E-state index >= 15 is 0 Å². The Labute approximate surface area is 299 Å². The molecule has 1 fully saturated rings. The van der Waals surface area contributed by atoms with Gasteiger partial charge in [-0.15, -0.1) is 0 Å². The lowest BCUT2D eigenvalue weighted by atomic mass is 9.98. The van der Waals surface area contributed by atoms with Gasteiger partial charge in [-0.25, -0.2) is 9.59 Å². The van der Waals surface area contributed by atoms with Crippen molar-refractivity contribution in [3.05, 3.63) is 167 Å². The number of rotatable bonds is 13. The molecule has 0 N–H and O–H groups in total. The molecule has 1 aliphatic heterocycles. The summed E-state index contributed by atoms with van der Waals surface area (Å²) >= 11 is 0. The molecule has 9 nitrogen and oxygen atoms in total. The van der Waals surface area contributed by atoms with Crippen molar-refractivity contribution >= 4 is 20.5 Å². The molecule has 51 heavy (non-hydrogen) atoms. The SMILES string of the molecule is Cc1ccc(OP(Oc2ccc(C)cc2)O[C@@H]2O[C@@H](C)[C@@H](OC(=O)c3ccccc3)[C@@H](OC(=O)c3ccccc3)[C@@H]2OCc2ccccc2)cc1. The highest BCUT2D eigenvalue weighted by atomic mass is 31.2. The lowest BCUT2D eigenvalue weighted by Crippen LogP contribution is -2.60. The highest BCUT2D eigenvalue weighted by molar-refractivity contribution is 7.42. The van der Waals surface area contributed by atoms with Crippen LogP contribution in [0.15, 0.2) is 140 Å². The maximum absolute atomic E-state index is 13.7. The summed E-state index contributed by atoms with van der Waals surface area (Å²) in [5, 5.41) is 0. The average molecular weight is 707 g/mol. The molecule has 1 aliphatic rings. The predicted octanol–water partition coefficient (Wildman–Crippen LogP) is 8.79. The van der Waals surface area contributed by atoms with Crippen LogP contribution in [0, 0.1) is 13.8 Å². The summed E-state index contributed by atoms with van der Waals surface area (Å²) in [4.78, 5) is 27.1. The Kier molecular flexibility index (Phi) is 12.1. The Bertz CT molecular complexity index is 1790. The lowest BCUT2D eigenvalue weighted by Gasteiger charge is -2.44. The minimum Gasteiger partial charge on any atom is -0.452 e. The second-order valence-electron chi connectivity index (χ2n) is 12.1. The van der Waals surface area contributed by atoms with Crippen LogP contribution in [-0.4, -0.2) is 42.6 Å². The van der Waals surface area contributed by atoms with Gasteiger partial charge in [0.15, 0.2) is 18.5 Å². The van der Waals surface area contributed by atoms with E-state index in [1.165, 1.54) is 0 Å². The minimum absolute atomic E-state index is 0.109. The van der Waals surface area contributed by atoms with Gasteiger partial charge in [0.1, 0.15) is 17.6 Å². The zero-order valence-electron chi connectivity index (χ0n) is 28.5. The lowest BCUT2D eigenvalue weighted by molar-refractivity contribution is -0.281. The second kappa shape index (κ2) is 17.2. The number of carbonyl (C=O) groups is 2. The van der Waals surface area contributed by atoms with Gasteiger partial charge in [0, 0.05) is 0 Å². The molecule has 6 rings (SSSR count).